The van der Waals surface area contributed by atoms with Crippen LogP contribution in [0.5, 0.6) is 0 Å². The molecule has 0 radical (unpaired) electrons. The van der Waals surface area contributed by atoms with E-state index in [1.165, 1.54) is 16.8 Å². The molecule has 4 heteroatoms. The van der Waals surface area contributed by atoms with Crippen LogP contribution in [-0.2, 0) is 13.5 Å². The first-order valence-electron chi connectivity index (χ1n) is 7.25. The van der Waals surface area contributed by atoms with E-state index in [1.54, 1.807) is 16.8 Å². The first kappa shape index (κ1) is 14.3. The zero-order valence-corrected chi connectivity index (χ0v) is 12.6. The van der Waals surface area contributed by atoms with Gasteiger partial charge in [0.15, 0.2) is 0 Å². The van der Waals surface area contributed by atoms with Crippen LogP contribution >= 0.6 is 0 Å². The van der Waals surface area contributed by atoms with E-state index in [0.717, 1.165) is 17.7 Å². The predicted molar refractivity (Wildman–Crippen MR) is 85.8 cm³/mol. The fourth-order valence-electron chi connectivity index (χ4n) is 2.85. The van der Waals surface area contributed by atoms with Crippen LogP contribution in [0.4, 0.5) is 4.39 Å². The molecule has 112 valence electrons. The Morgan fingerprint density at radius 3 is 2.41 bits per heavy atom. The van der Waals surface area contributed by atoms with Crippen molar-refractivity contribution in [3.8, 4) is 16.8 Å². The van der Waals surface area contributed by atoms with Gasteiger partial charge in [0.2, 0.25) is 0 Å². The molecule has 0 aliphatic rings. The van der Waals surface area contributed by atoms with Crippen LogP contribution in [0.25, 0.3) is 16.8 Å². The van der Waals surface area contributed by atoms with E-state index < -0.39 is 0 Å². The van der Waals surface area contributed by atoms with Gasteiger partial charge in [0.25, 0.3) is 5.56 Å². The fourth-order valence-corrected chi connectivity index (χ4v) is 2.85. The molecule has 0 N–H and O–H groups in total. The lowest BCUT2D eigenvalue weighted by Gasteiger charge is -2.09. The summed E-state index contributed by atoms with van der Waals surface area (Å²) in [6.07, 6.45) is 0.721. The summed E-state index contributed by atoms with van der Waals surface area (Å²) in [4.78, 5) is 12.9. The highest BCUT2D eigenvalue weighted by Crippen LogP contribution is 2.22. The van der Waals surface area contributed by atoms with Gasteiger partial charge in [-0.05, 0) is 30.2 Å². The van der Waals surface area contributed by atoms with E-state index in [1.807, 2.05) is 44.3 Å². The van der Waals surface area contributed by atoms with Crippen molar-refractivity contribution < 1.29 is 4.39 Å². The molecular formula is C18H17FN2O. The van der Waals surface area contributed by atoms with E-state index in [-0.39, 0.29) is 11.4 Å². The molecule has 0 bridgehead atoms. The smallest absolute Gasteiger partial charge is 0.279 e. The highest BCUT2D eigenvalue weighted by atomic mass is 19.1. The van der Waals surface area contributed by atoms with E-state index in [0.29, 0.717) is 11.3 Å². The third-order valence-corrected chi connectivity index (χ3v) is 3.84. The van der Waals surface area contributed by atoms with Crippen molar-refractivity contribution in [3.05, 3.63) is 76.5 Å². The van der Waals surface area contributed by atoms with Crippen LogP contribution in [0.15, 0.2) is 59.4 Å². The van der Waals surface area contributed by atoms with Crippen molar-refractivity contribution in [2.75, 3.05) is 0 Å². The second-order valence-electron chi connectivity index (χ2n) is 5.16. The zero-order valence-electron chi connectivity index (χ0n) is 12.6. The van der Waals surface area contributed by atoms with Crippen LogP contribution in [0.3, 0.4) is 0 Å². The van der Waals surface area contributed by atoms with Gasteiger partial charge < -0.3 is 0 Å². The van der Waals surface area contributed by atoms with Crippen molar-refractivity contribution in [3.63, 3.8) is 0 Å². The first-order valence-corrected chi connectivity index (χ1v) is 7.25. The highest BCUT2D eigenvalue weighted by Gasteiger charge is 2.19. The first-order chi connectivity index (χ1) is 10.6. The Balaban J connectivity index is 2.31. The molecule has 3 nitrogen and oxygen atoms in total. The molecule has 0 aliphatic heterocycles. The van der Waals surface area contributed by atoms with Crippen molar-refractivity contribution in [2.24, 2.45) is 7.05 Å². The average Bonchev–Trinajstić information content (AvgIpc) is 2.78. The summed E-state index contributed by atoms with van der Waals surface area (Å²) in [5.74, 6) is -0.357. The van der Waals surface area contributed by atoms with Gasteiger partial charge in [0, 0.05) is 12.7 Å². The molecule has 0 amide bonds. The summed E-state index contributed by atoms with van der Waals surface area (Å²) in [7, 11) is 1.83. The molecule has 1 aromatic heterocycles. The summed E-state index contributed by atoms with van der Waals surface area (Å²) >= 11 is 0. The van der Waals surface area contributed by atoms with E-state index in [9.17, 15) is 9.18 Å². The van der Waals surface area contributed by atoms with Gasteiger partial charge in [-0.2, -0.15) is 0 Å². The topological polar surface area (TPSA) is 26.9 Å². The highest BCUT2D eigenvalue weighted by molar-refractivity contribution is 5.66. The summed E-state index contributed by atoms with van der Waals surface area (Å²) in [6, 6.07) is 15.7. The van der Waals surface area contributed by atoms with Crippen molar-refractivity contribution >= 4 is 0 Å². The van der Waals surface area contributed by atoms with Crippen molar-refractivity contribution in [2.45, 2.75) is 13.3 Å². The van der Waals surface area contributed by atoms with Crippen LogP contribution in [-0.4, -0.2) is 9.36 Å². The second-order valence-corrected chi connectivity index (χ2v) is 5.16. The molecule has 22 heavy (non-hydrogen) atoms. The number of nitrogens with zero attached hydrogens (tertiary/aromatic N) is 2. The standard InChI is InChI=1S/C18H17FN2O/c1-3-16-17(13-8-5-4-6-9-13)18(22)21(20(16)2)15-11-7-10-14(19)12-15/h4-12H,3H2,1-2H3. The molecule has 0 aliphatic carbocycles. The zero-order chi connectivity index (χ0) is 15.7. The normalized spacial score (nSPS) is 10.9. The maximum atomic E-state index is 13.5. The maximum Gasteiger partial charge on any atom is 0.279 e. The van der Waals surface area contributed by atoms with Gasteiger partial charge in [-0.15, -0.1) is 0 Å². The number of benzene rings is 2. The van der Waals surface area contributed by atoms with Crippen LogP contribution < -0.4 is 5.56 Å². The van der Waals surface area contributed by atoms with Gasteiger partial charge in [-0.25, -0.2) is 9.07 Å². The molecular weight excluding hydrogens is 279 g/mol. The summed E-state index contributed by atoms with van der Waals surface area (Å²) < 4.78 is 16.8. The minimum Gasteiger partial charge on any atom is -0.284 e. The second kappa shape index (κ2) is 5.64. The van der Waals surface area contributed by atoms with Crippen LogP contribution in [0.1, 0.15) is 12.6 Å². The lowest BCUT2D eigenvalue weighted by molar-refractivity contribution is 0.601. The Morgan fingerprint density at radius 2 is 1.77 bits per heavy atom. The largest absolute Gasteiger partial charge is 0.284 e. The molecule has 2 aromatic carbocycles. The Hall–Kier alpha value is -2.62. The Kier molecular flexibility index (Phi) is 3.67. The molecule has 0 spiro atoms. The number of halogens is 1. The van der Waals surface area contributed by atoms with Gasteiger partial charge in [-0.1, -0.05) is 43.3 Å². The molecule has 0 saturated carbocycles. The number of rotatable bonds is 3. The fraction of sp³-hybridized carbons (Fsp3) is 0.167. The maximum absolute atomic E-state index is 13.5. The Morgan fingerprint density at radius 1 is 1.05 bits per heavy atom. The molecule has 1 heterocycles. The van der Waals surface area contributed by atoms with E-state index in [2.05, 4.69) is 0 Å². The Bertz CT molecular complexity index is 863. The minimum absolute atomic E-state index is 0.129. The summed E-state index contributed by atoms with van der Waals surface area (Å²) in [5.41, 5.74) is 2.89. The minimum atomic E-state index is -0.357. The van der Waals surface area contributed by atoms with E-state index in [4.69, 9.17) is 0 Å². The quantitative estimate of drug-likeness (QED) is 0.726. The van der Waals surface area contributed by atoms with Crippen molar-refractivity contribution in [1.82, 2.24) is 9.36 Å². The molecule has 0 fully saturated rings. The Labute approximate surface area is 128 Å². The molecule has 0 saturated heterocycles. The number of aromatic nitrogens is 2. The van der Waals surface area contributed by atoms with Crippen LogP contribution in [0.2, 0.25) is 0 Å². The van der Waals surface area contributed by atoms with E-state index >= 15 is 0 Å². The third kappa shape index (κ3) is 2.26. The lowest BCUT2D eigenvalue weighted by Crippen LogP contribution is -2.20. The third-order valence-electron chi connectivity index (χ3n) is 3.84. The van der Waals surface area contributed by atoms with Crippen molar-refractivity contribution in [1.29, 1.82) is 0 Å². The SMILES string of the molecule is CCc1c(-c2ccccc2)c(=O)n(-c2cccc(F)c2)n1C. The average molecular weight is 296 g/mol. The van der Waals surface area contributed by atoms with Gasteiger partial charge in [-0.3, -0.25) is 9.48 Å². The number of hydrogen-bond acceptors (Lipinski definition) is 1. The predicted octanol–water partition coefficient (Wildman–Crippen LogP) is 3.54. The molecule has 3 rings (SSSR count). The lowest BCUT2D eigenvalue weighted by atomic mass is 10.1. The van der Waals surface area contributed by atoms with Gasteiger partial charge >= 0.3 is 0 Å². The molecule has 0 atom stereocenters. The van der Waals surface area contributed by atoms with Gasteiger partial charge in [0.05, 0.1) is 11.3 Å². The summed E-state index contributed by atoms with van der Waals surface area (Å²) in [6.45, 7) is 2.01. The molecule has 0 unspecified atom stereocenters. The van der Waals surface area contributed by atoms with Gasteiger partial charge in [0.1, 0.15) is 5.82 Å². The monoisotopic (exact) mass is 296 g/mol. The number of hydrogen-bond donors (Lipinski definition) is 0. The summed E-state index contributed by atoms with van der Waals surface area (Å²) in [5, 5.41) is 0. The molecule has 3 aromatic rings. The van der Waals surface area contributed by atoms with Crippen LogP contribution in [0, 0.1) is 5.82 Å².